The van der Waals surface area contributed by atoms with Gasteiger partial charge in [0.1, 0.15) is 23.9 Å². The second-order valence-electron chi connectivity index (χ2n) is 5.71. The zero-order chi connectivity index (χ0) is 18.7. The van der Waals surface area contributed by atoms with Crippen LogP contribution in [0, 0.1) is 11.6 Å². The fourth-order valence-electron chi connectivity index (χ4n) is 2.51. The van der Waals surface area contributed by atoms with Gasteiger partial charge in [-0.1, -0.05) is 12.1 Å². The van der Waals surface area contributed by atoms with E-state index in [-0.39, 0.29) is 25.8 Å². The lowest BCUT2D eigenvalue weighted by Gasteiger charge is -2.21. The quantitative estimate of drug-likeness (QED) is 0.888. The molecule has 6 nitrogen and oxygen atoms in total. The highest BCUT2D eigenvalue weighted by molar-refractivity contribution is 5.94. The van der Waals surface area contributed by atoms with Gasteiger partial charge in [0.25, 0.3) is 0 Å². The summed E-state index contributed by atoms with van der Waals surface area (Å²) in [6.45, 7) is 1.23. The summed E-state index contributed by atoms with van der Waals surface area (Å²) in [6, 6.07) is 8.44. The van der Waals surface area contributed by atoms with E-state index in [0.29, 0.717) is 11.5 Å². The number of nitrogens with zero attached hydrogens (tertiary/aromatic N) is 1. The van der Waals surface area contributed by atoms with Crippen LogP contribution in [0.3, 0.4) is 0 Å². The molecule has 0 atom stereocenters. The summed E-state index contributed by atoms with van der Waals surface area (Å²) in [5.41, 5.74) is 0.193. The van der Waals surface area contributed by atoms with Gasteiger partial charge >= 0.3 is 0 Å². The molecule has 0 unspecified atom stereocenters. The highest BCUT2D eigenvalue weighted by Gasteiger charge is 2.19. The summed E-state index contributed by atoms with van der Waals surface area (Å²) in [6.07, 6.45) is 0. The predicted molar refractivity (Wildman–Crippen MR) is 88.6 cm³/mol. The van der Waals surface area contributed by atoms with E-state index < -0.39 is 23.2 Å². The number of fused-ring (bicyclic) bond motifs is 1. The highest BCUT2D eigenvalue weighted by Crippen LogP contribution is 2.32. The molecule has 0 saturated carbocycles. The fourth-order valence-corrected chi connectivity index (χ4v) is 2.51. The van der Waals surface area contributed by atoms with Gasteiger partial charge in [-0.05, 0) is 29.8 Å². The molecule has 2 aromatic carbocycles. The number of anilines is 1. The molecule has 0 radical (unpaired) electrons. The number of rotatable bonds is 5. The largest absolute Gasteiger partial charge is 0.454 e. The third kappa shape index (κ3) is 3.90. The maximum atomic E-state index is 13.6. The number of ether oxygens (including phenoxy) is 2. The topological polar surface area (TPSA) is 67.9 Å². The molecule has 3 rings (SSSR count). The number of carbonyl (C=O) groups excluding carboxylic acids is 2. The second-order valence-corrected chi connectivity index (χ2v) is 5.71. The lowest BCUT2D eigenvalue weighted by Crippen LogP contribution is -2.36. The molecule has 1 aliphatic heterocycles. The molecule has 26 heavy (non-hydrogen) atoms. The van der Waals surface area contributed by atoms with Gasteiger partial charge in [-0.15, -0.1) is 0 Å². The molecule has 0 aromatic heterocycles. The van der Waals surface area contributed by atoms with Gasteiger partial charge in [0.05, 0.1) is 0 Å². The van der Waals surface area contributed by atoms with Crippen LogP contribution in [0.25, 0.3) is 0 Å². The molecule has 2 amide bonds. The van der Waals surface area contributed by atoms with Crippen molar-refractivity contribution < 1.29 is 27.8 Å². The number of halogens is 2. The summed E-state index contributed by atoms with van der Waals surface area (Å²) in [7, 11) is 0. The Kier molecular flexibility index (Phi) is 5.01. The van der Waals surface area contributed by atoms with Crippen molar-refractivity contribution in [2.45, 2.75) is 13.5 Å². The van der Waals surface area contributed by atoms with Crippen LogP contribution in [0.5, 0.6) is 11.5 Å². The highest BCUT2D eigenvalue weighted by atomic mass is 19.1. The van der Waals surface area contributed by atoms with E-state index in [4.69, 9.17) is 9.47 Å². The summed E-state index contributed by atoms with van der Waals surface area (Å²) < 4.78 is 37.7. The Balaban J connectivity index is 1.68. The Morgan fingerprint density at radius 1 is 1.12 bits per heavy atom. The van der Waals surface area contributed by atoms with Crippen LogP contribution in [0.1, 0.15) is 12.5 Å². The number of hydrogen-bond donors (Lipinski definition) is 1. The number of amides is 2. The van der Waals surface area contributed by atoms with E-state index in [9.17, 15) is 18.4 Å². The first-order chi connectivity index (χ1) is 12.4. The van der Waals surface area contributed by atoms with Crippen molar-refractivity contribution in [3.63, 3.8) is 0 Å². The summed E-state index contributed by atoms with van der Waals surface area (Å²) in [5.74, 6) is -1.66. The van der Waals surface area contributed by atoms with Gasteiger partial charge in [0.2, 0.25) is 18.6 Å². The normalized spacial score (nSPS) is 12.0. The van der Waals surface area contributed by atoms with Crippen LogP contribution in [-0.2, 0) is 16.1 Å². The van der Waals surface area contributed by atoms with Gasteiger partial charge in [-0.25, -0.2) is 8.78 Å². The molecule has 2 aromatic rings. The third-order valence-corrected chi connectivity index (χ3v) is 3.82. The zero-order valence-corrected chi connectivity index (χ0v) is 13.9. The minimum atomic E-state index is -0.886. The predicted octanol–water partition coefficient (Wildman–Crippen LogP) is 2.68. The summed E-state index contributed by atoms with van der Waals surface area (Å²) >= 11 is 0. The molecule has 0 fully saturated rings. The average molecular weight is 362 g/mol. The first-order valence-corrected chi connectivity index (χ1v) is 7.82. The Bertz CT molecular complexity index is 837. The van der Waals surface area contributed by atoms with Crippen LogP contribution < -0.4 is 14.8 Å². The number of carbonyl (C=O) groups is 2. The third-order valence-electron chi connectivity index (χ3n) is 3.82. The molecule has 8 heteroatoms. The summed E-state index contributed by atoms with van der Waals surface area (Å²) in [5, 5.41) is 2.16. The Morgan fingerprint density at radius 3 is 2.50 bits per heavy atom. The fraction of sp³-hybridized carbons (Fsp3) is 0.222. The van der Waals surface area contributed by atoms with Crippen LogP contribution in [-0.4, -0.2) is 30.1 Å². The lowest BCUT2D eigenvalue weighted by molar-refractivity contribution is -0.133. The number of para-hydroxylation sites is 1. The molecule has 136 valence electrons. The molecular formula is C18H16F2N2O4. The molecule has 0 saturated heterocycles. The van der Waals surface area contributed by atoms with Gasteiger partial charge in [0, 0.05) is 13.5 Å². The summed E-state index contributed by atoms with van der Waals surface area (Å²) in [4.78, 5) is 25.2. The zero-order valence-electron chi connectivity index (χ0n) is 13.9. The second kappa shape index (κ2) is 7.38. The van der Waals surface area contributed by atoms with Crippen molar-refractivity contribution >= 4 is 17.5 Å². The maximum absolute atomic E-state index is 13.6. The van der Waals surface area contributed by atoms with Crippen molar-refractivity contribution in [2.75, 3.05) is 18.7 Å². The van der Waals surface area contributed by atoms with E-state index in [1.54, 1.807) is 18.2 Å². The van der Waals surface area contributed by atoms with E-state index in [0.717, 1.165) is 17.7 Å². The van der Waals surface area contributed by atoms with E-state index >= 15 is 0 Å². The molecular weight excluding hydrogens is 346 g/mol. The van der Waals surface area contributed by atoms with Crippen molar-refractivity contribution in [1.29, 1.82) is 0 Å². The van der Waals surface area contributed by atoms with Crippen LogP contribution in [0.15, 0.2) is 36.4 Å². The van der Waals surface area contributed by atoms with Crippen molar-refractivity contribution in [2.24, 2.45) is 0 Å². The van der Waals surface area contributed by atoms with Crippen LogP contribution in [0.4, 0.5) is 14.5 Å². The standard InChI is InChI=1S/C18H16F2N2O4/c1-11(23)22(8-12-5-6-15-16(7-12)26-10-25-15)9-17(24)21-18-13(19)3-2-4-14(18)20/h2-7H,8-10H2,1H3,(H,21,24). The minimum Gasteiger partial charge on any atom is -0.454 e. The SMILES string of the molecule is CC(=O)N(CC(=O)Nc1c(F)cccc1F)Cc1ccc2c(c1)OCO2. The van der Waals surface area contributed by atoms with Gasteiger partial charge in [-0.2, -0.15) is 0 Å². The molecule has 0 aliphatic carbocycles. The molecule has 1 heterocycles. The molecule has 1 N–H and O–H groups in total. The maximum Gasteiger partial charge on any atom is 0.244 e. The monoisotopic (exact) mass is 362 g/mol. The number of hydrogen-bond acceptors (Lipinski definition) is 4. The van der Waals surface area contributed by atoms with Gasteiger partial charge in [-0.3, -0.25) is 9.59 Å². The van der Waals surface area contributed by atoms with E-state index in [2.05, 4.69) is 5.32 Å². The van der Waals surface area contributed by atoms with Crippen LogP contribution in [0.2, 0.25) is 0 Å². The Hall–Kier alpha value is -3.16. The van der Waals surface area contributed by atoms with Crippen molar-refractivity contribution in [1.82, 2.24) is 4.90 Å². The molecule has 1 aliphatic rings. The van der Waals surface area contributed by atoms with E-state index in [1.807, 2.05) is 0 Å². The van der Waals surface area contributed by atoms with Crippen LogP contribution >= 0.6 is 0 Å². The average Bonchev–Trinajstić information content (AvgIpc) is 3.05. The Morgan fingerprint density at radius 2 is 1.81 bits per heavy atom. The lowest BCUT2D eigenvalue weighted by atomic mass is 10.2. The van der Waals surface area contributed by atoms with Gasteiger partial charge < -0.3 is 19.7 Å². The first-order valence-electron chi connectivity index (χ1n) is 7.82. The van der Waals surface area contributed by atoms with Crippen molar-refractivity contribution in [3.8, 4) is 11.5 Å². The van der Waals surface area contributed by atoms with Crippen molar-refractivity contribution in [3.05, 3.63) is 53.6 Å². The number of benzene rings is 2. The first kappa shape index (κ1) is 17.7. The smallest absolute Gasteiger partial charge is 0.244 e. The van der Waals surface area contributed by atoms with Gasteiger partial charge in [0.15, 0.2) is 11.5 Å². The Labute approximate surface area is 148 Å². The number of nitrogens with one attached hydrogen (secondary N) is 1. The van der Waals surface area contributed by atoms with E-state index in [1.165, 1.54) is 17.9 Å². The molecule has 0 spiro atoms. The molecule has 0 bridgehead atoms. The minimum absolute atomic E-state index is 0.131.